The molecule has 1 aromatic heterocycles. The zero-order chi connectivity index (χ0) is 13.9. The van der Waals surface area contributed by atoms with Gasteiger partial charge in [-0.05, 0) is 25.8 Å². The van der Waals surface area contributed by atoms with Crippen LogP contribution in [0.15, 0.2) is 6.07 Å². The molecule has 6 nitrogen and oxygen atoms in total. The smallest absolute Gasteiger partial charge is 0.310 e. The lowest BCUT2D eigenvalue weighted by Crippen LogP contribution is -2.39. The summed E-state index contributed by atoms with van der Waals surface area (Å²) in [5.74, 6) is -1.06. The Labute approximate surface area is 106 Å². The van der Waals surface area contributed by atoms with Crippen LogP contribution in [0.5, 0.6) is 0 Å². The van der Waals surface area contributed by atoms with Crippen molar-refractivity contribution in [1.82, 2.24) is 15.5 Å². The molecular weight excluding hydrogens is 234 g/mol. The van der Waals surface area contributed by atoms with E-state index in [4.69, 9.17) is 5.11 Å². The number of carboxylic acids is 1. The molecular formula is C12H19N3O3. The number of rotatable bonds is 5. The molecule has 1 aromatic rings. The summed E-state index contributed by atoms with van der Waals surface area (Å²) in [6, 6.07) is 1.67. The molecule has 3 N–H and O–H groups in total. The summed E-state index contributed by atoms with van der Waals surface area (Å²) < 4.78 is 0. The summed E-state index contributed by atoms with van der Waals surface area (Å²) >= 11 is 0. The van der Waals surface area contributed by atoms with Crippen molar-refractivity contribution in [3.8, 4) is 0 Å². The van der Waals surface area contributed by atoms with Crippen LogP contribution in [-0.2, 0) is 4.79 Å². The molecule has 0 saturated heterocycles. The third-order valence-corrected chi connectivity index (χ3v) is 2.72. The molecule has 0 fully saturated rings. The highest BCUT2D eigenvalue weighted by atomic mass is 16.4. The number of carbonyl (C=O) groups excluding carboxylic acids is 1. The fraction of sp³-hybridized carbons (Fsp3) is 0.583. The molecule has 0 atom stereocenters. The van der Waals surface area contributed by atoms with Crippen molar-refractivity contribution in [2.24, 2.45) is 5.41 Å². The molecule has 0 aromatic carbocycles. The Balaban J connectivity index is 2.63. The molecule has 0 radical (unpaired) electrons. The Morgan fingerprint density at radius 1 is 1.50 bits per heavy atom. The van der Waals surface area contributed by atoms with Gasteiger partial charge in [0.2, 0.25) is 0 Å². The van der Waals surface area contributed by atoms with E-state index in [0.29, 0.717) is 0 Å². The summed E-state index contributed by atoms with van der Waals surface area (Å²) in [5, 5.41) is 18.2. The van der Waals surface area contributed by atoms with Gasteiger partial charge in [-0.2, -0.15) is 5.10 Å². The number of H-pyrrole nitrogens is 1. The van der Waals surface area contributed by atoms with E-state index < -0.39 is 11.4 Å². The van der Waals surface area contributed by atoms with Gasteiger partial charge in [0, 0.05) is 12.2 Å². The minimum atomic E-state index is -0.993. The van der Waals surface area contributed by atoms with E-state index in [1.165, 1.54) is 0 Å². The number of aromatic amines is 1. The molecule has 0 spiro atoms. The van der Waals surface area contributed by atoms with Crippen LogP contribution in [0, 0.1) is 5.41 Å². The van der Waals surface area contributed by atoms with Crippen LogP contribution in [0.3, 0.4) is 0 Å². The molecule has 1 heterocycles. The van der Waals surface area contributed by atoms with Crippen molar-refractivity contribution in [3.05, 3.63) is 17.5 Å². The summed E-state index contributed by atoms with van der Waals surface area (Å²) in [6.07, 6.45) is 0. The lowest BCUT2D eigenvalue weighted by molar-refractivity contribution is -0.146. The third-order valence-electron chi connectivity index (χ3n) is 2.72. The minimum Gasteiger partial charge on any atom is -0.481 e. The summed E-state index contributed by atoms with van der Waals surface area (Å²) in [4.78, 5) is 22.7. The standard InChI is InChI=1S/C12H19N3O3/c1-7(2)8-5-9(15-14-8)10(16)13-6-12(3,4)11(17)18/h5,7H,6H2,1-4H3,(H,13,16)(H,14,15)(H,17,18). The number of hydrogen-bond donors (Lipinski definition) is 3. The zero-order valence-electron chi connectivity index (χ0n) is 11.1. The maximum atomic E-state index is 11.8. The van der Waals surface area contributed by atoms with Gasteiger partial charge in [0.05, 0.1) is 5.41 Å². The van der Waals surface area contributed by atoms with Gasteiger partial charge in [-0.3, -0.25) is 14.7 Å². The lowest BCUT2D eigenvalue weighted by atomic mass is 9.94. The maximum Gasteiger partial charge on any atom is 0.310 e. The first-order valence-corrected chi connectivity index (χ1v) is 5.81. The highest BCUT2D eigenvalue weighted by molar-refractivity contribution is 5.92. The van der Waals surface area contributed by atoms with Gasteiger partial charge in [0.1, 0.15) is 5.69 Å². The van der Waals surface area contributed by atoms with Crippen LogP contribution >= 0.6 is 0 Å². The summed E-state index contributed by atoms with van der Waals surface area (Å²) in [5.41, 5.74) is 0.157. The first-order valence-electron chi connectivity index (χ1n) is 5.81. The zero-order valence-corrected chi connectivity index (χ0v) is 11.1. The van der Waals surface area contributed by atoms with E-state index in [2.05, 4.69) is 15.5 Å². The predicted molar refractivity (Wildman–Crippen MR) is 66.4 cm³/mol. The SMILES string of the molecule is CC(C)c1cc(C(=O)NCC(C)(C)C(=O)O)n[nH]1. The van der Waals surface area contributed by atoms with Crippen LogP contribution in [-0.4, -0.2) is 33.7 Å². The van der Waals surface area contributed by atoms with Gasteiger partial charge in [-0.25, -0.2) is 0 Å². The largest absolute Gasteiger partial charge is 0.481 e. The third kappa shape index (κ3) is 3.32. The first-order chi connectivity index (χ1) is 8.24. The van der Waals surface area contributed by atoms with Crippen molar-refractivity contribution in [1.29, 1.82) is 0 Å². The molecule has 0 aliphatic heterocycles. The molecule has 0 bridgehead atoms. The Morgan fingerprint density at radius 2 is 2.11 bits per heavy atom. The van der Waals surface area contributed by atoms with Crippen molar-refractivity contribution >= 4 is 11.9 Å². The maximum absolute atomic E-state index is 11.8. The van der Waals surface area contributed by atoms with E-state index in [1.54, 1.807) is 19.9 Å². The average Bonchev–Trinajstić information content (AvgIpc) is 2.75. The molecule has 0 aliphatic rings. The van der Waals surface area contributed by atoms with Crippen molar-refractivity contribution in [3.63, 3.8) is 0 Å². The molecule has 6 heteroatoms. The first kappa shape index (κ1) is 14.2. The molecule has 1 rings (SSSR count). The Bertz CT molecular complexity index is 449. The molecule has 18 heavy (non-hydrogen) atoms. The van der Waals surface area contributed by atoms with Gasteiger partial charge >= 0.3 is 5.97 Å². The quantitative estimate of drug-likeness (QED) is 0.738. The summed E-state index contributed by atoms with van der Waals surface area (Å²) in [6.45, 7) is 7.15. The number of carboxylic acid groups (broad SMARTS) is 1. The van der Waals surface area contributed by atoms with Crippen LogP contribution < -0.4 is 5.32 Å². The highest BCUT2D eigenvalue weighted by Crippen LogP contribution is 2.14. The second-order valence-corrected chi connectivity index (χ2v) is 5.23. The number of hydrogen-bond acceptors (Lipinski definition) is 3. The van der Waals surface area contributed by atoms with E-state index in [0.717, 1.165) is 5.69 Å². The van der Waals surface area contributed by atoms with Gasteiger partial charge in [-0.1, -0.05) is 13.8 Å². The Kier molecular flexibility index (Phi) is 4.11. The number of aliphatic carboxylic acids is 1. The molecule has 100 valence electrons. The van der Waals surface area contributed by atoms with Gasteiger partial charge < -0.3 is 10.4 Å². The minimum absolute atomic E-state index is 0.0606. The van der Waals surface area contributed by atoms with Crippen LogP contribution in [0.2, 0.25) is 0 Å². The second-order valence-electron chi connectivity index (χ2n) is 5.23. The number of amides is 1. The predicted octanol–water partition coefficient (Wildman–Crippen LogP) is 1.37. The van der Waals surface area contributed by atoms with Crippen LogP contribution in [0.4, 0.5) is 0 Å². The highest BCUT2D eigenvalue weighted by Gasteiger charge is 2.28. The van der Waals surface area contributed by atoms with E-state index in [9.17, 15) is 9.59 Å². The monoisotopic (exact) mass is 253 g/mol. The van der Waals surface area contributed by atoms with Gasteiger partial charge in [0.15, 0.2) is 0 Å². The van der Waals surface area contributed by atoms with Gasteiger partial charge in [0.25, 0.3) is 5.91 Å². The molecule has 0 unspecified atom stereocenters. The fourth-order valence-electron chi connectivity index (χ4n) is 1.22. The van der Waals surface area contributed by atoms with Crippen LogP contribution in [0.1, 0.15) is 49.8 Å². The van der Waals surface area contributed by atoms with Crippen molar-refractivity contribution in [2.45, 2.75) is 33.6 Å². The normalized spacial score (nSPS) is 11.6. The lowest BCUT2D eigenvalue weighted by Gasteiger charge is -2.18. The van der Waals surface area contributed by atoms with Crippen molar-refractivity contribution < 1.29 is 14.7 Å². The van der Waals surface area contributed by atoms with E-state index in [1.807, 2.05) is 13.8 Å². The van der Waals surface area contributed by atoms with Gasteiger partial charge in [-0.15, -0.1) is 0 Å². The van der Waals surface area contributed by atoms with Crippen molar-refractivity contribution in [2.75, 3.05) is 6.54 Å². The van der Waals surface area contributed by atoms with E-state index >= 15 is 0 Å². The number of nitrogens with zero attached hydrogens (tertiary/aromatic N) is 1. The number of nitrogens with one attached hydrogen (secondary N) is 2. The Morgan fingerprint density at radius 3 is 2.56 bits per heavy atom. The molecule has 0 aliphatic carbocycles. The Hall–Kier alpha value is -1.85. The van der Waals surface area contributed by atoms with Crippen LogP contribution in [0.25, 0.3) is 0 Å². The average molecular weight is 253 g/mol. The molecule has 0 saturated carbocycles. The fourth-order valence-corrected chi connectivity index (χ4v) is 1.22. The number of carbonyl (C=O) groups is 2. The van der Waals surface area contributed by atoms with E-state index in [-0.39, 0.29) is 24.1 Å². The summed E-state index contributed by atoms with van der Waals surface area (Å²) in [7, 11) is 0. The molecule has 1 amide bonds. The number of aromatic nitrogens is 2. The topological polar surface area (TPSA) is 95.1 Å². The second kappa shape index (κ2) is 5.20.